The monoisotopic (exact) mass is 358 g/mol. The van der Waals surface area contributed by atoms with Crippen molar-refractivity contribution in [1.82, 2.24) is 9.62 Å². The van der Waals surface area contributed by atoms with Crippen LogP contribution in [-0.2, 0) is 14.8 Å². The predicted molar refractivity (Wildman–Crippen MR) is 90.8 cm³/mol. The molecule has 2 atom stereocenters. The molecule has 0 radical (unpaired) electrons. The van der Waals surface area contributed by atoms with E-state index >= 15 is 0 Å². The number of likely N-dealkylation sites (tertiary alicyclic amines) is 1. The fraction of sp³-hybridized carbons (Fsp3) is 0.562. The molecule has 0 unspecified atom stereocenters. The van der Waals surface area contributed by atoms with Crippen molar-refractivity contribution in [3.05, 3.63) is 29.3 Å². The quantitative estimate of drug-likeness (QED) is 0.850. The summed E-state index contributed by atoms with van der Waals surface area (Å²) in [4.78, 5) is 14.3. The largest absolute Gasteiger partial charge is 0.339 e. The van der Waals surface area contributed by atoms with Gasteiger partial charge in [0, 0.05) is 30.6 Å². The molecule has 1 fully saturated rings. The molecular weight excluding hydrogens is 336 g/mol. The summed E-state index contributed by atoms with van der Waals surface area (Å²) in [6.07, 6.45) is 2.13. The number of carbonyl (C=O) groups is 1. The SMILES string of the molecule is CC[C@@H]1C[C@H](C)CN1C(=O)CCNS(=O)(=O)c1cccc(Cl)c1. The molecule has 1 N–H and O–H groups in total. The number of hydrogen-bond donors (Lipinski definition) is 1. The first kappa shape index (κ1) is 18.2. The first-order valence-electron chi connectivity index (χ1n) is 7.88. The summed E-state index contributed by atoms with van der Waals surface area (Å²) in [6, 6.07) is 6.34. The predicted octanol–water partition coefficient (Wildman–Crippen LogP) is 2.66. The molecule has 1 amide bonds. The topological polar surface area (TPSA) is 66.5 Å². The number of carbonyl (C=O) groups excluding carboxylic acids is 1. The van der Waals surface area contributed by atoms with E-state index in [-0.39, 0.29) is 29.8 Å². The van der Waals surface area contributed by atoms with Gasteiger partial charge in [-0.15, -0.1) is 0 Å². The van der Waals surface area contributed by atoms with E-state index in [9.17, 15) is 13.2 Å². The maximum atomic E-state index is 12.3. The molecule has 0 spiro atoms. The smallest absolute Gasteiger partial charge is 0.240 e. The molecule has 23 heavy (non-hydrogen) atoms. The Hall–Kier alpha value is -1.11. The highest BCUT2D eigenvalue weighted by atomic mass is 35.5. The van der Waals surface area contributed by atoms with Crippen LogP contribution in [0.15, 0.2) is 29.2 Å². The Morgan fingerprint density at radius 2 is 2.17 bits per heavy atom. The number of nitrogens with one attached hydrogen (secondary N) is 1. The van der Waals surface area contributed by atoms with Gasteiger partial charge >= 0.3 is 0 Å². The maximum Gasteiger partial charge on any atom is 0.240 e. The lowest BCUT2D eigenvalue weighted by Crippen LogP contribution is -2.37. The Kier molecular flexibility index (Phi) is 6.06. The summed E-state index contributed by atoms with van der Waals surface area (Å²) < 4.78 is 26.8. The van der Waals surface area contributed by atoms with Crippen molar-refractivity contribution >= 4 is 27.5 Å². The fourth-order valence-electron chi connectivity index (χ4n) is 3.00. The van der Waals surface area contributed by atoms with Gasteiger partial charge in [0.25, 0.3) is 0 Å². The highest BCUT2D eigenvalue weighted by molar-refractivity contribution is 7.89. The Balaban J connectivity index is 1.90. The number of amides is 1. The van der Waals surface area contributed by atoms with E-state index in [0.717, 1.165) is 19.4 Å². The second-order valence-corrected chi connectivity index (χ2v) is 8.26. The summed E-state index contributed by atoms with van der Waals surface area (Å²) in [5.74, 6) is 0.516. The maximum absolute atomic E-state index is 12.3. The Morgan fingerprint density at radius 1 is 1.43 bits per heavy atom. The van der Waals surface area contributed by atoms with E-state index in [1.165, 1.54) is 12.1 Å². The molecule has 7 heteroatoms. The van der Waals surface area contributed by atoms with E-state index in [1.54, 1.807) is 12.1 Å². The Bertz CT molecular complexity index is 663. The average molecular weight is 359 g/mol. The molecule has 1 aromatic rings. The van der Waals surface area contributed by atoms with Crippen LogP contribution in [-0.4, -0.2) is 38.4 Å². The molecule has 1 heterocycles. The van der Waals surface area contributed by atoms with E-state index in [2.05, 4.69) is 18.6 Å². The highest BCUT2D eigenvalue weighted by Gasteiger charge is 2.31. The van der Waals surface area contributed by atoms with Crippen LogP contribution >= 0.6 is 11.6 Å². The minimum atomic E-state index is -3.64. The van der Waals surface area contributed by atoms with Crippen LogP contribution in [0.2, 0.25) is 5.02 Å². The van der Waals surface area contributed by atoms with Crippen LogP contribution < -0.4 is 4.72 Å². The standard InChI is InChI=1S/C16H23ClN2O3S/c1-3-14-9-12(2)11-19(14)16(20)7-8-18-23(21,22)15-6-4-5-13(17)10-15/h4-6,10,12,14,18H,3,7-9,11H2,1-2H3/t12-,14+/m0/s1. The summed E-state index contributed by atoms with van der Waals surface area (Å²) in [5.41, 5.74) is 0. The summed E-state index contributed by atoms with van der Waals surface area (Å²) in [7, 11) is -3.64. The number of nitrogens with zero attached hydrogens (tertiary/aromatic N) is 1. The van der Waals surface area contributed by atoms with Crippen LogP contribution in [0.4, 0.5) is 0 Å². The third-order valence-corrected chi connectivity index (χ3v) is 5.85. The van der Waals surface area contributed by atoms with Crippen molar-refractivity contribution in [3.63, 3.8) is 0 Å². The lowest BCUT2D eigenvalue weighted by atomic mass is 10.1. The minimum absolute atomic E-state index is 0.00925. The molecule has 0 bridgehead atoms. The van der Waals surface area contributed by atoms with Gasteiger partial charge in [-0.2, -0.15) is 0 Å². The number of sulfonamides is 1. The number of benzene rings is 1. The van der Waals surface area contributed by atoms with Gasteiger partial charge < -0.3 is 4.90 Å². The van der Waals surface area contributed by atoms with Gasteiger partial charge in [-0.25, -0.2) is 13.1 Å². The van der Waals surface area contributed by atoms with Gasteiger partial charge in [-0.05, 0) is 37.0 Å². The third kappa shape index (κ3) is 4.68. The molecule has 1 aromatic carbocycles. The molecule has 5 nitrogen and oxygen atoms in total. The summed E-state index contributed by atoms with van der Waals surface area (Å²) >= 11 is 5.81. The van der Waals surface area contributed by atoms with Crippen molar-refractivity contribution in [3.8, 4) is 0 Å². The van der Waals surface area contributed by atoms with Gasteiger partial charge in [0.15, 0.2) is 0 Å². The Labute approximate surface area is 143 Å². The second kappa shape index (κ2) is 7.64. The van der Waals surface area contributed by atoms with Crippen LogP contribution in [0.3, 0.4) is 0 Å². The molecule has 128 valence electrons. The molecule has 0 saturated carbocycles. The lowest BCUT2D eigenvalue weighted by Gasteiger charge is -2.23. The lowest BCUT2D eigenvalue weighted by molar-refractivity contribution is -0.132. The van der Waals surface area contributed by atoms with Crippen molar-refractivity contribution < 1.29 is 13.2 Å². The summed E-state index contributed by atoms with van der Waals surface area (Å²) in [6.45, 7) is 5.07. The Morgan fingerprint density at radius 3 is 2.83 bits per heavy atom. The number of hydrogen-bond acceptors (Lipinski definition) is 3. The first-order valence-corrected chi connectivity index (χ1v) is 9.74. The normalized spacial score (nSPS) is 21.6. The second-order valence-electron chi connectivity index (χ2n) is 6.05. The molecule has 0 aliphatic carbocycles. The average Bonchev–Trinajstić information content (AvgIpc) is 2.88. The third-order valence-electron chi connectivity index (χ3n) is 4.15. The molecule has 0 aromatic heterocycles. The molecule has 1 aliphatic heterocycles. The number of rotatable bonds is 6. The van der Waals surface area contributed by atoms with Crippen LogP contribution in [0, 0.1) is 5.92 Å². The minimum Gasteiger partial charge on any atom is -0.339 e. The molecular formula is C16H23ClN2O3S. The molecule has 1 aliphatic rings. The highest BCUT2D eigenvalue weighted by Crippen LogP contribution is 2.25. The van der Waals surface area contributed by atoms with Gasteiger partial charge in [0.05, 0.1) is 4.90 Å². The zero-order chi connectivity index (χ0) is 17.0. The summed E-state index contributed by atoms with van der Waals surface area (Å²) in [5, 5.41) is 0.362. The zero-order valence-electron chi connectivity index (χ0n) is 13.5. The van der Waals surface area contributed by atoms with Crippen molar-refractivity contribution in [1.29, 1.82) is 0 Å². The van der Waals surface area contributed by atoms with E-state index in [1.807, 2.05) is 4.90 Å². The van der Waals surface area contributed by atoms with Gasteiger partial charge in [0.1, 0.15) is 0 Å². The van der Waals surface area contributed by atoms with E-state index < -0.39 is 10.0 Å². The van der Waals surface area contributed by atoms with Crippen LogP contribution in [0.25, 0.3) is 0 Å². The fourth-order valence-corrected chi connectivity index (χ4v) is 4.33. The van der Waals surface area contributed by atoms with Crippen LogP contribution in [0.5, 0.6) is 0 Å². The van der Waals surface area contributed by atoms with Gasteiger partial charge in [-0.1, -0.05) is 31.5 Å². The van der Waals surface area contributed by atoms with E-state index in [4.69, 9.17) is 11.6 Å². The van der Waals surface area contributed by atoms with Gasteiger partial charge in [-0.3, -0.25) is 4.79 Å². The van der Waals surface area contributed by atoms with Crippen molar-refractivity contribution in [2.75, 3.05) is 13.1 Å². The number of halogens is 1. The molecule has 2 rings (SSSR count). The van der Waals surface area contributed by atoms with Crippen molar-refractivity contribution in [2.24, 2.45) is 5.92 Å². The zero-order valence-corrected chi connectivity index (χ0v) is 15.0. The van der Waals surface area contributed by atoms with Crippen LogP contribution in [0.1, 0.15) is 33.1 Å². The van der Waals surface area contributed by atoms with E-state index in [0.29, 0.717) is 10.9 Å². The molecule has 1 saturated heterocycles. The first-order chi connectivity index (χ1) is 10.8. The van der Waals surface area contributed by atoms with Gasteiger partial charge in [0.2, 0.25) is 15.9 Å². The van der Waals surface area contributed by atoms with Crippen molar-refractivity contribution in [2.45, 2.75) is 44.0 Å².